The summed E-state index contributed by atoms with van der Waals surface area (Å²) in [6.45, 7) is 2.64. The molecule has 160 valence electrons. The van der Waals surface area contributed by atoms with Crippen LogP contribution in [0.3, 0.4) is 0 Å². The molecule has 1 aliphatic rings. The summed E-state index contributed by atoms with van der Waals surface area (Å²) < 4.78 is 5.25. The van der Waals surface area contributed by atoms with Crippen LogP contribution in [-0.2, 0) is 4.79 Å². The van der Waals surface area contributed by atoms with Gasteiger partial charge in [0.1, 0.15) is 11.4 Å². The highest BCUT2D eigenvalue weighted by Gasteiger charge is 2.27. The first kappa shape index (κ1) is 20.5. The van der Waals surface area contributed by atoms with Crippen molar-refractivity contribution in [3.05, 3.63) is 53.9 Å². The van der Waals surface area contributed by atoms with E-state index in [1.807, 2.05) is 19.1 Å². The highest BCUT2D eigenvalue weighted by Crippen LogP contribution is 2.35. The Labute approximate surface area is 179 Å². The Kier molecular flexibility index (Phi) is 5.68. The van der Waals surface area contributed by atoms with Gasteiger partial charge in [0.2, 0.25) is 5.91 Å². The van der Waals surface area contributed by atoms with Crippen LogP contribution in [0.15, 0.2) is 42.7 Å². The zero-order valence-electron chi connectivity index (χ0n) is 17.4. The second kappa shape index (κ2) is 8.57. The second-order valence-electron chi connectivity index (χ2n) is 7.45. The smallest absolute Gasteiger partial charge is 0.260 e. The van der Waals surface area contributed by atoms with Crippen molar-refractivity contribution in [3.63, 3.8) is 0 Å². The van der Waals surface area contributed by atoms with E-state index in [4.69, 9.17) is 10.5 Å². The third-order valence-corrected chi connectivity index (χ3v) is 5.28. The Morgan fingerprint density at radius 2 is 1.97 bits per heavy atom. The molecule has 9 heteroatoms. The molecule has 0 aliphatic carbocycles. The minimum atomic E-state index is -0.511. The van der Waals surface area contributed by atoms with Gasteiger partial charge in [-0.15, -0.1) is 0 Å². The summed E-state index contributed by atoms with van der Waals surface area (Å²) in [6.07, 6.45) is 4.65. The molecule has 2 amide bonds. The normalized spacial score (nSPS) is 15.6. The average Bonchev–Trinajstić information content (AvgIpc) is 3.47. The molecule has 4 N–H and O–H groups in total. The van der Waals surface area contributed by atoms with E-state index in [0.29, 0.717) is 34.7 Å². The number of benzene rings is 2. The zero-order chi connectivity index (χ0) is 22.0. The van der Waals surface area contributed by atoms with Gasteiger partial charge in [0, 0.05) is 22.9 Å². The fourth-order valence-electron chi connectivity index (χ4n) is 3.79. The van der Waals surface area contributed by atoms with Gasteiger partial charge >= 0.3 is 0 Å². The number of hydrogen-bond acceptors (Lipinski definition) is 7. The number of nitrogens with zero attached hydrogens (tertiary/aromatic N) is 3. The van der Waals surface area contributed by atoms with Gasteiger partial charge in [0.05, 0.1) is 31.1 Å². The number of anilines is 1. The molecule has 1 aliphatic heterocycles. The van der Waals surface area contributed by atoms with Gasteiger partial charge in [0.25, 0.3) is 5.91 Å². The molecule has 1 aromatic heterocycles. The van der Waals surface area contributed by atoms with Crippen LogP contribution in [0.4, 0.5) is 5.69 Å². The molecule has 4 rings (SSSR count). The lowest BCUT2D eigenvalue weighted by Gasteiger charge is -2.17. The Hall–Kier alpha value is -3.72. The van der Waals surface area contributed by atoms with Gasteiger partial charge in [-0.2, -0.15) is 15.0 Å². The van der Waals surface area contributed by atoms with E-state index in [0.717, 1.165) is 18.5 Å². The topological polar surface area (TPSA) is 124 Å². The van der Waals surface area contributed by atoms with Crippen LogP contribution in [0.2, 0.25) is 0 Å². The number of carbonyl (C=O) groups excluding carboxylic acids is 2. The molecule has 0 radical (unpaired) electrons. The Morgan fingerprint density at radius 1 is 1.19 bits per heavy atom. The standard InChI is InChI=1S/C22H24N6O3/c1-13-10-16(15-6-5-14(31-2)12-18(15)23)20(28-25-8-9-26-28)17(11-13)21(29)27-22(30)19-4-3-7-24-19/h5-6,8-12,19,24H,3-4,7,23H2,1-2H3,(H,27,29,30)/t19-/m0/s1. The van der Waals surface area contributed by atoms with Gasteiger partial charge in [0.15, 0.2) is 0 Å². The van der Waals surface area contributed by atoms with Crippen LogP contribution < -0.4 is 21.1 Å². The SMILES string of the molecule is COc1ccc(-c2cc(C)cc(C(=O)NC(=O)[C@@H]3CCCN3)c2-n2nccn2)c(N)c1. The number of aryl methyl sites for hydroxylation is 1. The van der Waals surface area contributed by atoms with Crippen molar-refractivity contribution in [2.24, 2.45) is 0 Å². The maximum atomic E-state index is 13.2. The number of rotatable bonds is 5. The van der Waals surface area contributed by atoms with E-state index in [9.17, 15) is 9.59 Å². The lowest BCUT2D eigenvalue weighted by Crippen LogP contribution is -2.43. The Morgan fingerprint density at radius 3 is 2.61 bits per heavy atom. The van der Waals surface area contributed by atoms with Crippen molar-refractivity contribution in [1.82, 2.24) is 25.6 Å². The second-order valence-corrected chi connectivity index (χ2v) is 7.45. The first-order valence-electron chi connectivity index (χ1n) is 10.0. The lowest BCUT2D eigenvalue weighted by molar-refractivity contribution is -0.121. The largest absolute Gasteiger partial charge is 0.497 e. The van der Waals surface area contributed by atoms with Gasteiger partial charge < -0.3 is 15.8 Å². The number of imide groups is 1. The van der Waals surface area contributed by atoms with Crippen LogP contribution in [0.25, 0.3) is 16.8 Å². The van der Waals surface area contributed by atoms with Crippen LogP contribution in [0.5, 0.6) is 5.75 Å². The van der Waals surface area contributed by atoms with Gasteiger partial charge in [-0.1, -0.05) is 0 Å². The van der Waals surface area contributed by atoms with E-state index in [1.165, 1.54) is 17.2 Å². The van der Waals surface area contributed by atoms with E-state index >= 15 is 0 Å². The zero-order valence-corrected chi connectivity index (χ0v) is 17.4. The molecule has 3 aromatic rings. The molecule has 1 atom stereocenters. The molecule has 31 heavy (non-hydrogen) atoms. The number of nitrogens with two attached hydrogens (primary N) is 1. The van der Waals surface area contributed by atoms with Crippen LogP contribution >= 0.6 is 0 Å². The maximum Gasteiger partial charge on any atom is 0.260 e. The number of ether oxygens (including phenoxy) is 1. The number of amides is 2. The van der Waals surface area contributed by atoms with E-state index in [1.54, 1.807) is 25.3 Å². The molecular weight excluding hydrogens is 396 g/mol. The van der Waals surface area contributed by atoms with Crippen LogP contribution in [0.1, 0.15) is 28.8 Å². The minimum absolute atomic E-state index is 0.285. The first-order chi connectivity index (χ1) is 15.0. The summed E-state index contributed by atoms with van der Waals surface area (Å²) in [5, 5.41) is 14.1. The van der Waals surface area contributed by atoms with E-state index < -0.39 is 5.91 Å². The average molecular weight is 420 g/mol. The van der Waals surface area contributed by atoms with Crippen molar-refractivity contribution >= 4 is 17.5 Å². The molecule has 9 nitrogen and oxygen atoms in total. The number of nitrogens with one attached hydrogen (secondary N) is 2. The third kappa shape index (κ3) is 4.13. The van der Waals surface area contributed by atoms with E-state index in [-0.39, 0.29) is 17.5 Å². The molecule has 0 spiro atoms. The Bertz CT molecular complexity index is 1120. The molecule has 2 aromatic carbocycles. The highest BCUT2D eigenvalue weighted by molar-refractivity contribution is 6.09. The monoisotopic (exact) mass is 420 g/mol. The summed E-state index contributed by atoms with van der Waals surface area (Å²) >= 11 is 0. The summed E-state index contributed by atoms with van der Waals surface area (Å²) in [4.78, 5) is 27.1. The van der Waals surface area contributed by atoms with Crippen molar-refractivity contribution in [2.45, 2.75) is 25.8 Å². The predicted octanol–water partition coefficient (Wildman–Crippen LogP) is 1.84. The highest BCUT2D eigenvalue weighted by atomic mass is 16.5. The van der Waals surface area contributed by atoms with Gasteiger partial charge in [-0.05, 0) is 56.1 Å². The first-order valence-corrected chi connectivity index (χ1v) is 10.0. The summed E-state index contributed by atoms with van der Waals surface area (Å²) in [5.74, 6) is -0.225. The molecule has 1 fully saturated rings. The summed E-state index contributed by atoms with van der Waals surface area (Å²) in [7, 11) is 1.57. The number of aromatic nitrogens is 3. The quantitative estimate of drug-likeness (QED) is 0.425. The molecule has 2 heterocycles. The fourth-order valence-corrected chi connectivity index (χ4v) is 3.79. The van der Waals surface area contributed by atoms with Crippen LogP contribution in [-0.4, -0.2) is 46.5 Å². The van der Waals surface area contributed by atoms with Crippen LogP contribution in [0, 0.1) is 6.92 Å². The summed E-state index contributed by atoms with van der Waals surface area (Å²) in [6, 6.07) is 8.60. The molecule has 0 bridgehead atoms. The molecule has 0 unspecified atom stereocenters. The molecule has 0 saturated carbocycles. The lowest BCUT2D eigenvalue weighted by atomic mass is 9.95. The third-order valence-electron chi connectivity index (χ3n) is 5.28. The van der Waals surface area contributed by atoms with Crippen molar-refractivity contribution in [2.75, 3.05) is 19.4 Å². The minimum Gasteiger partial charge on any atom is -0.497 e. The number of hydrogen-bond donors (Lipinski definition) is 3. The van der Waals surface area contributed by atoms with Crippen molar-refractivity contribution < 1.29 is 14.3 Å². The number of nitrogen functional groups attached to an aromatic ring is 1. The Balaban J connectivity index is 1.82. The molecular formula is C22H24N6O3. The van der Waals surface area contributed by atoms with Crippen molar-refractivity contribution in [3.8, 4) is 22.6 Å². The van der Waals surface area contributed by atoms with Crippen molar-refractivity contribution in [1.29, 1.82) is 0 Å². The van der Waals surface area contributed by atoms with Gasteiger partial charge in [-0.25, -0.2) is 0 Å². The fraction of sp³-hybridized carbons (Fsp3) is 0.273. The van der Waals surface area contributed by atoms with Gasteiger partial charge in [-0.3, -0.25) is 14.9 Å². The molecule has 1 saturated heterocycles. The number of carbonyl (C=O) groups is 2. The number of methoxy groups -OCH3 is 1. The predicted molar refractivity (Wildman–Crippen MR) is 116 cm³/mol. The van der Waals surface area contributed by atoms with E-state index in [2.05, 4.69) is 20.8 Å². The maximum absolute atomic E-state index is 13.2. The summed E-state index contributed by atoms with van der Waals surface area (Å²) in [5.41, 5.74) is 9.72.